The number of aromatic nitrogens is 1. The first-order valence-corrected chi connectivity index (χ1v) is 7.26. The van der Waals surface area contributed by atoms with Crippen molar-refractivity contribution in [2.45, 2.75) is 6.54 Å². The van der Waals surface area contributed by atoms with Crippen molar-refractivity contribution < 1.29 is 9.59 Å². The van der Waals surface area contributed by atoms with Crippen molar-refractivity contribution >= 4 is 22.7 Å². The molecule has 0 atom stereocenters. The molecule has 0 saturated carbocycles. The number of nitrogens with one attached hydrogen (secondary N) is 1. The minimum atomic E-state index is -0.462. The molecule has 2 amide bonds. The van der Waals surface area contributed by atoms with E-state index in [1.807, 2.05) is 42.1 Å². The number of rotatable bonds is 4. The second kappa shape index (κ2) is 5.96. The highest BCUT2D eigenvalue weighted by atomic mass is 16.2. The summed E-state index contributed by atoms with van der Waals surface area (Å²) >= 11 is 0. The van der Waals surface area contributed by atoms with Crippen LogP contribution in [0.1, 0.15) is 26.3 Å². The number of benzene rings is 2. The van der Waals surface area contributed by atoms with Gasteiger partial charge in [-0.3, -0.25) is 9.59 Å². The summed E-state index contributed by atoms with van der Waals surface area (Å²) in [6.45, 7) is 0.392. The average Bonchev–Trinajstić information content (AvgIpc) is 2.93. The van der Waals surface area contributed by atoms with E-state index in [0.29, 0.717) is 17.7 Å². The van der Waals surface area contributed by atoms with E-state index >= 15 is 0 Å². The monoisotopic (exact) mass is 307 g/mol. The number of primary amides is 1. The zero-order valence-corrected chi connectivity index (χ0v) is 12.7. The Kier molecular flexibility index (Phi) is 3.85. The fourth-order valence-electron chi connectivity index (χ4n) is 2.47. The van der Waals surface area contributed by atoms with Gasteiger partial charge in [0.2, 0.25) is 5.91 Å². The third kappa shape index (κ3) is 3.08. The van der Waals surface area contributed by atoms with Crippen LogP contribution in [0, 0.1) is 0 Å². The van der Waals surface area contributed by atoms with Gasteiger partial charge in [0, 0.05) is 36.4 Å². The van der Waals surface area contributed by atoms with Gasteiger partial charge in [-0.05, 0) is 41.3 Å². The number of hydrogen-bond acceptors (Lipinski definition) is 2. The first-order valence-electron chi connectivity index (χ1n) is 7.26. The molecule has 0 radical (unpaired) electrons. The van der Waals surface area contributed by atoms with E-state index in [1.54, 1.807) is 24.3 Å². The highest BCUT2D eigenvalue weighted by Crippen LogP contribution is 2.16. The standard InChI is InChI=1S/C18H17N3O2/c1-21-9-8-13-6-7-15(10-16(13)21)18(23)20-11-12-2-4-14(5-3-12)17(19)22/h2-10H,11H2,1H3,(H2,19,22)(H,20,23). The molecular weight excluding hydrogens is 290 g/mol. The molecule has 0 fully saturated rings. The summed E-state index contributed by atoms with van der Waals surface area (Å²) in [4.78, 5) is 23.3. The van der Waals surface area contributed by atoms with Crippen LogP contribution < -0.4 is 11.1 Å². The fourth-order valence-corrected chi connectivity index (χ4v) is 2.47. The summed E-state index contributed by atoms with van der Waals surface area (Å²) in [7, 11) is 1.95. The van der Waals surface area contributed by atoms with E-state index in [0.717, 1.165) is 16.5 Å². The zero-order chi connectivity index (χ0) is 16.4. The van der Waals surface area contributed by atoms with Crippen molar-refractivity contribution in [3.8, 4) is 0 Å². The maximum absolute atomic E-state index is 12.3. The van der Waals surface area contributed by atoms with Crippen LogP contribution in [0.2, 0.25) is 0 Å². The highest BCUT2D eigenvalue weighted by molar-refractivity contribution is 5.98. The molecule has 2 aromatic carbocycles. The molecule has 0 aliphatic heterocycles. The first kappa shape index (κ1) is 14.8. The van der Waals surface area contributed by atoms with Crippen LogP contribution in [0.3, 0.4) is 0 Å². The molecule has 0 bridgehead atoms. The molecule has 5 heteroatoms. The molecule has 116 valence electrons. The number of carbonyl (C=O) groups excluding carboxylic acids is 2. The maximum Gasteiger partial charge on any atom is 0.251 e. The number of amides is 2. The van der Waals surface area contributed by atoms with E-state index in [-0.39, 0.29) is 5.91 Å². The van der Waals surface area contributed by atoms with Crippen molar-refractivity contribution in [3.05, 3.63) is 71.4 Å². The molecule has 0 spiro atoms. The Labute approximate surface area is 133 Å². The lowest BCUT2D eigenvalue weighted by molar-refractivity contribution is 0.0949. The Balaban J connectivity index is 1.70. The van der Waals surface area contributed by atoms with Crippen LogP contribution in [0.15, 0.2) is 54.7 Å². The zero-order valence-electron chi connectivity index (χ0n) is 12.7. The minimum absolute atomic E-state index is 0.132. The first-order chi connectivity index (χ1) is 11.0. The molecule has 0 unspecified atom stereocenters. The molecule has 0 aliphatic carbocycles. The van der Waals surface area contributed by atoms with Gasteiger partial charge < -0.3 is 15.6 Å². The SMILES string of the molecule is Cn1ccc2ccc(C(=O)NCc3ccc(C(N)=O)cc3)cc21. The van der Waals surface area contributed by atoms with Gasteiger partial charge in [-0.1, -0.05) is 18.2 Å². The molecule has 1 aromatic heterocycles. The van der Waals surface area contributed by atoms with E-state index in [4.69, 9.17) is 5.73 Å². The number of fused-ring (bicyclic) bond motifs is 1. The third-order valence-corrected chi connectivity index (χ3v) is 3.84. The molecule has 3 rings (SSSR count). The summed E-state index contributed by atoms with van der Waals surface area (Å²) in [5, 5.41) is 3.98. The number of nitrogens with zero attached hydrogens (tertiary/aromatic N) is 1. The summed E-state index contributed by atoms with van der Waals surface area (Å²) in [5.41, 5.74) is 8.19. The highest BCUT2D eigenvalue weighted by Gasteiger charge is 2.08. The Morgan fingerprint density at radius 2 is 1.74 bits per heavy atom. The lowest BCUT2D eigenvalue weighted by atomic mass is 10.1. The lowest BCUT2D eigenvalue weighted by Gasteiger charge is -2.07. The lowest BCUT2D eigenvalue weighted by Crippen LogP contribution is -2.22. The largest absolute Gasteiger partial charge is 0.366 e. The van der Waals surface area contributed by atoms with Crippen LogP contribution in [-0.4, -0.2) is 16.4 Å². The molecule has 0 saturated heterocycles. The Bertz CT molecular complexity index is 879. The van der Waals surface area contributed by atoms with Crippen LogP contribution in [0.4, 0.5) is 0 Å². The van der Waals surface area contributed by atoms with Gasteiger partial charge in [0.25, 0.3) is 5.91 Å². The van der Waals surface area contributed by atoms with Gasteiger partial charge in [-0.2, -0.15) is 0 Å². The maximum atomic E-state index is 12.3. The average molecular weight is 307 g/mol. The van der Waals surface area contributed by atoms with E-state index in [9.17, 15) is 9.59 Å². The quantitative estimate of drug-likeness (QED) is 0.775. The van der Waals surface area contributed by atoms with Gasteiger partial charge >= 0.3 is 0 Å². The van der Waals surface area contributed by atoms with E-state index < -0.39 is 5.91 Å². The predicted octanol–water partition coefficient (Wildman–Crippen LogP) is 2.21. The normalized spacial score (nSPS) is 10.7. The number of nitrogens with two attached hydrogens (primary N) is 1. The second-order valence-electron chi connectivity index (χ2n) is 5.44. The molecule has 0 aliphatic rings. The Hall–Kier alpha value is -3.08. The summed E-state index contributed by atoms with van der Waals surface area (Å²) in [6, 6.07) is 14.5. The number of aryl methyl sites for hydroxylation is 1. The molecule has 23 heavy (non-hydrogen) atoms. The summed E-state index contributed by atoms with van der Waals surface area (Å²) in [5.74, 6) is -0.594. The minimum Gasteiger partial charge on any atom is -0.366 e. The second-order valence-corrected chi connectivity index (χ2v) is 5.44. The summed E-state index contributed by atoms with van der Waals surface area (Å²) in [6.07, 6.45) is 1.96. The van der Waals surface area contributed by atoms with Crippen molar-refractivity contribution in [1.29, 1.82) is 0 Å². The fraction of sp³-hybridized carbons (Fsp3) is 0.111. The van der Waals surface area contributed by atoms with Crippen LogP contribution >= 0.6 is 0 Å². The van der Waals surface area contributed by atoms with Gasteiger partial charge in [0.1, 0.15) is 0 Å². The van der Waals surface area contributed by atoms with Crippen molar-refractivity contribution in [3.63, 3.8) is 0 Å². The topological polar surface area (TPSA) is 77.1 Å². The van der Waals surface area contributed by atoms with Gasteiger partial charge in [0.15, 0.2) is 0 Å². The van der Waals surface area contributed by atoms with Crippen molar-refractivity contribution in [1.82, 2.24) is 9.88 Å². The van der Waals surface area contributed by atoms with Crippen molar-refractivity contribution in [2.24, 2.45) is 12.8 Å². The smallest absolute Gasteiger partial charge is 0.251 e. The Morgan fingerprint density at radius 3 is 2.43 bits per heavy atom. The van der Waals surface area contributed by atoms with Gasteiger partial charge in [0.05, 0.1) is 0 Å². The van der Waals surface area contributed by atoms with E-state index in [1.165, 1.54) is 0 Å². The van der Waals surface area contributed by atoms with Crippen molar-refractivity contribution in [2.75, 3.05) is 0 Å². The number of carbonyl (C=O) groups is 2. The van der Waals surface area contributed by atoms with Crippen LogP contribution in [0.25, 0.3) is 10.9 Å². The van der Waals surface area contributed by atoms with Gasteiger partial charge in [-0.15, -0.1) is 0 Å². The Morgan fingerprint density at radius 1 is 1.04 bits per heavy atom. The van der Waals surface area contributed by atoms with Gasteiger partial charge in [-0.25, -0.2) is 0 Å². The molecule has 1 heterocycles. The number of hydrogen-bond donors (Lipinski definition) is 2. The third-order valence-electron chi connectivity index (χ3n) is 3.84. The molecule has 5 nitrogen and oxygen atoms in total. The van der Waals surface area contributed by atoms with Crippen LogP contribution in [-0.2, 0) is 13.6 Å². The van der Waals surface area contributed by atoms with Crippen LogP contribution in [0.5, 0.6) is 0 Å². The van der Waals surface area contributed by atoms with E-state index in [2.05, 4.69) is 5.32 Å². The molecular formula is C18H17N3O2. The molecule has 3 aromatic rings. The molecule has 3 N–H and O–H groups in total. The predicted molar refractivity (Wildman–Crippen MR) is 89.0 cm³/mol. The summed E-state index contributed by atoms with van der Waals surface area (Å²) < 4.78 is 1.98.